The lowest BCUT2D eigenvalue weighted by Crippen LogP contribution is -2.54. The van der Waals surface area contributed by atoms with E-state index < -0.39 is 6.04 Å². The number of hydrogen-bond donors (Lipinski definition) is 2. The quantitative estimate of drug-likeness (QED) is 0.764. The number of nitrogens with zero attached hydrogens (tertiary/aromatic N) is 1. The molecule has 2 N–H and O–H groups in total. The van der Waals surface area contributed by atoms with Gasteiger partial charge in [0.2, 0.25) is 11.8 Å². The number of amides is 3. The molecule has 7 heteroatoms. The summed E-state index contributed by atoms with van der Waals surface area (Å²) in [6.07, 6.45) is 4.00. The van der Waals surface area contributed by atoms with Crippen LogP contribution in [0.5, 0.6) is 0 Å². The second-order valence-electron chi connectivity index (χ2n) is 9.17. The molecule has 1 saturated heterocycles. The van der Waals surface area contributed by atoms with Gasteiger partial charge in [-0.3, -0.25) is 14.4 Å². The number of carbonyl (C=O) groups excluding carboxylic acids is 3. The molecule has 154 valence electrons. The molecule has 0 spiro atoms. The van der Waals surface area contributed by atoms with Gasteiger partial charge in [0, 0.05) is 25.6 Å². The predicted octanol–water partition coefficient (Wildman–Crippen LogP) is 2.80. The SMILES string of the molecule is CC(C)(C)CC(=O)N1CCC(C(NC(=O)c2cccs2)C(=O)NC2CC2)CC1. The van der Waals surface area contributed by atoms with Gasteiger partial charge < -0.3 is 15.5 Å². The predicted molar refractivity (Wildman–Crippen MR) is 110 cm³/mol. The minimum Gasteiger partial charge on any atom is -0.352 e. The van der Waals surface area contributed by atoms with Crippen LogP contribution in [0.1, 0.15) is 62.5 Å². The van der Waals surface area contributed by atoms with Crippen molar-refractivity contribution in [2.24, 2.45) is 11.3 Å². The molecule has 3 amide bonds. The fourth-order valence-electron chi connectivity index (χ4n) is 3.58. The summed E-state index contributed by atoms with van der Waals surface area (Å²) in [6.45, 7) is 7.48. The first-order valence-electron chi connectivity index (χ1n) is 10.2. The summed E-state index contributed by atoms with van der Waals surface area (Å²) >= 11 is 1.37. The summed E-state index contributed by atoms with van der Waals surface area (Å²) in [7, 11) is 0. The molecule has 2 fully saturated rings. The van der Waals surface area contributed by atoms with Crippen LogP contribution in [0.3, 0.4) is 0 Å². The van der Waals surface area contributed by atoms with E-state index in [0.717, 1.165) is 25.7 Å². The third-order valence-electron chi connectivity index (χ3n) is 5.28. The highest BCUT2D eigenvalue weighted by molar-refractivity contribution is 7.12. The van der Waals surface area contributed by atoms with Crippen LogP contribution in [0.2, 0.25) is 0 Å². The molecule has 0 bridgehead atoms. The molecule has 1 aromatic heterocycles. The Morgan fingerprint density at radius 1 is 1.18 bits per heavy atom. The van der Waals surface area contributed by atoms with Gasteiger partial charge in [-0.05, 0) is 48.5 Å². The molecule has 0 radical (unpaired) electrons. The Labute approximate surface area is 171 Å². The molecule has 1 aliphatic carbocycles. The Morgan fingerprint density at radius 2 is 1.86 bits per heavy atom. The van der Waals surface area contributed by atoms with Crippen molar-refractivity contribution < 1.29 is 14.4 Å². The summed E-state index contributed by atoms with van der Waals surface area (Å²) < 4.78 is 0. The van der Waals surface area contributed by atoms with Crippen LogP contribution in [0.4, 0.5) is 0 Å². The first-order chi connectivity index (χ1) is 13.2. The Bertz CT molecular complexity index is 699. The van der Waals surface area contributed by atoms with E-state index in [4.69, 9.17) is 0 Å². The molecule has 3 rings (SSSR count). The second kappa shape index (κ2) is 8.64. The van der Waals surface area contributed by atoms with Gasteiger partial charge >= 0.3 is 0 Å². The highest BCUT2D eigenvalue weighted by atomic mass is 32.1. The van der Waals surface area contributed by atoms with Crippen LogP contribution in [0.25, 0.3) is 0 Å². The highest BCUT2D eigenvalue weighted by Crippen LogP contribution is 2.26. The van der Waals surface area contributed by atoms with Gasteiger partial charge in [0.1, 0.15) is 6.04 Å². The maximum atomic E-state index is 12.8. The summed E-state index contributed by atoms with van der Waals surface area (Å²) in [5.74, 6) is -0.0713. The zero-order valence-corrected chi connectivity index (χ0v) is 17.8. The number of rotatable bonds is 6. The van der Waals surface area contributed by atoms with E-state index in [1.165, 1.54) is 11.3 Å². The molecule has 1 unspecified atom stereocenters. The topological polar surface area (TPSA) is 78.5 Å². The average molecular weight is 406 g/mol. The molecule has 1 aromatic rings. The largest absolute Gasteiger partial charge is 0.352 e. The lowest BCUT2D eigenvalue weighted by atomic mass is 9.87. The number of hydrogen-bond acceptors (Lipinski definition) is 4. The van der Waals surface area contributed by atoms with E-state index in [1.807, 2.05) is 16.3 Å². The van der Waals surface area contributed by atoms with Crippen LogP contribution in [-0.4, -0.2) is 47.8 Å². The van der Waals surface area contributed by atoms with Gasteiger partial charge in [0.05, 0.1) is 4.88 Å². The maximum absolute atomic E-state index is 12.8. The zero-order valence-electron chi connectivity index (χ0n) is 17.0. The van der Waals surface area contributed by atoms with Gasteiger partial charge in [-0.2, -0.15) is 0 Å². The Kier molecular flexibility index (Phi) is 6.43. The minimum atomic E-state index is -0.546. The fraction of sp³-hybridized carbons (Fsp3) is 0.667. The number of thiophene rings is 1. The lowest BCUT2D eigenvalue weighted by Gasteiger charge is -2.36. The van der Waals surface area contributed by atoms with Gasteiger partial charge in [0.25, 0.3) is 5.91 Å². The molecular weight excluding hydrogens is 374 g/mol. The van der Waals surface area contributed by atoms with Crippen LogP contribution in [0.15, 0.2) is 17.5 Å². The van der Waals surface area contributed by atoms with E-state index in [2.05, 4.69) is 31.4 Å². The van der Waals surface area contributed by atoms with Crippen molar-refractivity contribution >= 4 is 29.1 Å². The van der Waals surface area contributed by atoms with Crippen molar-refractivity contribution in [1.29, 1.82) is 0 Å². The molecule has 0 aromatic carbocycles. The Morgan fingerprint density at radius 3 is 2.39 bits per heavy atom. The summed E-state index contributed by atoms with van der Waals surface area (Å²) in [5.41, 5.74) is -0.0324. The van der Waals surface area contributed by atoms with Crippen molar-refractivity contribution in [1.82, 2.24) is 15.5 Å². The lowest BCUT2D eigenvalue weighted by molar-refractivity contribution is -0.134. The third-order valence-corrected chi connectivity index (χ3v) is 6.15. The van der Waals surface area contributed by atoms with Crippen molar-refractivity contribution in [3.05, 3.63) is 22.4 Å². The van der Waals surface area contributed by atoms with Crippen molar-refractivity contribution in [2.45, 2.75) is 65.0 Å². The minimum absolute atomic E-state index is 0.0324. The number of likely N-dealkylation sites (tertiary alicyclic amines) is 1. The maximum Gasteiger partial charge on any atom is 0.262 e. The van der Waals surface area contributed by atoms with E-state index in [0.29, 0.717) is 24.4 Å². The number of carbonyl (C=O) groups is 3. The third kappa shape index (κ3) is 5.80. The van der Waals surface area contributed by atoms with Crippen molar-refractivity contribution in [3.63, 3.8) is 0 Å². The standard InChI is InChI=1S/C21H31N3O3S/c1-21(2,3)13-17(25)24-10-8-14(9-11-24)18(20(27)22-15-6-7-15)23-19(26)16-5-4-12-28-16/h4-5,12,14-15,18H,6-11,13H2,1-3H3,(H,22,27)(H,23,26). The molecule has 28 heavy (non-hydrogen) atoms. The smallest absolute Gasteiger partial charge is 0.262 e. The van der Waals surface area contributed by atoms with Crippen LogP contribution < -0.4 is 10.6 Å². The molecule has 2 aliphatic rings. The van der Waals surface area contributed by atoms with Crippen LogP contribution in [-0.2, 0) is 9.59 Å². The molecule has 6 nitrogen and oxygen atoms in total. The second-order valence-corrected chi connectivity index (χ2v) is 10.1. The Balaban J connectivity index is 1.61. The van der Waals surface area contributed by atoms with Gasteiger partial charge in [-0.1, -0.05) is 26.8 Å². The molecule has 1 aliphatic heterocycles. The molecular formula is C21H31N3O3S. The van der Waals surface area contributed by atoms with Crippen LogP contribution >= 0.6 is 11.3 Å². The van der Waals surface area contributed by atoms with Crippen molar-refractivity contribution in [2.75, 3.05) is 13.1 Å². The van der Waals surface area contributed by atoms with E-state index in [9.17, 15) is 14.4 Å². The first kappa shape index (κ1) is 20.8. The van der Waals surface area contributed by atoms with Gasteiger partial charge in [-0.15, -0.1) is 11.3 Å². The summed E-state index contributed by atoms with van der Waals surface area (Å²) in [5, 5.41) is 7.85. The van der Waals surface area contributed by atoms with Gasteiger partial charge in [0.15, 0.2) is 0 Å². The van der Waals surface area contributed by atoms with E-state index >= 15 is 0 Å². The molecule has 1 atom stereocenters. The zero-order chi connectivity index (χ0) is 20.3. The summed E-state index contributed by atoms with van der Waals surface area (Å²) in [4.78, 5) is 40.4. The van der Waals surface area contributed by atoms with Crippen LogP contribution in [0, 0.1) is 11.3 Å². The van der Waals surface area contributed by atoms with E-state index in [1.54, 1.807) is 6.07 Å². The fourth-order valence-corrected chi connectivity index (χ4v) is 4.21. The molecule has 1 saturated carbocycles. The first-order valence-corrected chi connectivity index (χ1v) is 11.0. The van der Waals surface area contributed by atoms with E-state index in [-0.39, 0.29) is 35.1 Å². The normalized spacial score (nSPS) is 19.2. The molecule has 2 heterocycles. The monoisotopic (exact) mass is 405 g/mol. The Hall–Kier alpha value is -1.89. The van der Waals surface area contributed by atoms with Crippen molar-refractivity contribution in [3.8, 4) is 0 Å². The average Bonchev–Trinajstić information content (AvgIpc) is 3.26. The highest BCUT2D eigenvalue weighted by Gasteiger charge is 2.36. The summed E-state index contributed by atoms with van der Waals surface area (Å²) in [6, 6.07) is 3.30. The number of nitrogens with one attached hydrogen (secondary N) is 2. The van der Waals surface area contributed by atoms with Gasteiger partial charge in [-0.25, -0.2) is 0 Å². The number of piperidine rings is 1.